The molecule has 4 N–H and O–H groups in total. The number of unbranched alkanes of at least 4 members (excludes halogenated alkanes) is 16. The first kappa shape index (κ1) is 27.8. The molecule has 28 heavy (non-hydrogen) atoms. The van der Waals surface area contributed by atoms with E-state index in [0.717, 1.165) is 38.5 Å². The van der Waals surface area contributed by atoms with E-state index in [1.807, 2.05) is 0 Å². The number of rotatable bonds is 23. The van der Waals surface area contributed by atoms with Crippen LogP contribution in [-0.4, -0.2) is 39.4 Å². The zero-order chi connectivity index (χ0) is 20.7. The Morgan fingerprint density at radius 2 is 0.643 bits per heavy atom. The van der Waals surface area contributed by atoms with E-state index < -0.39 is 6.29 Å². The van der Waals surface area contributed by atoms with Gasteiger partial charge in [0.05, 0.1) is 6.10 Å². The summed E-state index contributed by atoms with van der Waals surface area (Å²) >= 11 is 0. The highest BCUT2D eigenvalue weighted by Gasteiger charge is 2.04. The van der Waals surface area contributed by atoms with Crippen LogP contribution in [0.25, 0.3) is 0 Å². The fraction of sp³-hybridized carbons (Fsp3) is 1.00. The van der Waals surface area contributed by atoms with Crippen molar-refractivity contribution < 1.29 is 20.4 Å². The SMILES string of the molecule is OCCCCCCCCCCCC(O)CCCCCCCCCCCC(O)O. The lowest BCUT2D eigenvalue weighted by Gasteiger charge is -2.10. The number of aliphatic hydroxyl groups is 4. The van der Waals surface area contributed by atoms with Gasteiger partial charge in [-0.15, -0.1) is 0 Å². The quantitative estimate of drug-likeness (QED) is 0.128. The zero-order valence-electron chi connectivity index (χ0n) is 18.5. The van der Waals surface area contributed by atoms with Gasteiger partial charge in [-0.2, -0.15) is 0 Å². The fourth-order valence-corrected chi connectivity index (χ4v) is 3.82. The first-order valence-corrected chi connectivity index (χ1v) is 12.3. The van der Waals surface area contributed by atoms with E-state index in [1.54, 1.807) is 0 Å². The molecule has 1 unspecified atom stereocenters. The standard InChI is InChI=1S/C24H50O4/c25-22-18-14-10-6-2-4-8-12-16-20-23(26)19-15-11-7-3-1-5-9-13-17-21-24(27)28/h23-28H,1-22H2. The molecule has 0 aromatic heterocycles. The average Bonchev–Trinajstić information content (AvgIpc) is 2.67. The maximum Gasteiger partial charge on any atom is 0.151 e. The van der Waals surface area contributed by atoms with E-state index in [1.165, 1.54) is 89.9 Å². The van der Waals surface area contributed by atoms with Gasteiger partial charge in [0, 0.05) is 6.61 Å². The first-order valence-electron chi connectivity index (χ1n) is 12.3. The number of hydrogen-bond acceptors (Lipinski definition) is 4. The molecule has 0 radical (unpaired) electrons. The van der Waals surface area contributed by atoms with E-state index >= 15 is 0 Å². The summed E-state index contributed by atoms with van der Waals surface area (Å²) in [6.07, 6.45) is 23.0. The van der Waals surface area contributed by atoms with Gasteiger partial charge in [-0.05, 0) is 32.1 Å². The second-order valence-corrected chi connectivity index (χ2v) is 8.59. The molecule has 0 aliphatic rings. The fourth-order valence-electron chi connectivity index (χ4n) is 3.82. The van der Waals surface area contributed by atoms with Gasteiger partial charge in [0.15, 0.2) is 6.29 Å². The van der Waals surface area contributed by atoms with Crippen LogP contribution in [0.5, 0.6) is 0 Å². The molecule has 1 atom stereocenters. The third-order valence-electron chi connectivity index (χ3n) is 5.70. The summed E-state index contributed by atoms with van der Waals surface area (Å²) in [7, 11) is 0. The summed E-state index contributed by atoms with van der Waals surface area (Å²) < 4.78 is 0. The molecule has 0 fully saturated rings. The third-order valence-corrected chi connectivity index (χ3v) is 5.70. The van der Waals surface area contributed by atoms with Crippen molar-refractivity contribution in [2.45, 2.75) is 147 Å². The molecular formula is C24H50O4. The second kappa shape index (κ2) is 23.1. The van der Waals surface area contributed by atoms with Crippen molar-refractivity contribution in [2.75, 3.05) is 6.61 Å². The highest BCUT2D eigenvalue weighted by atomic mass is 16.5. The molecule has 0 aromatic carbocycles. The summed E-state index contributed by atoms with van der Waals surface area (Å²) in [5.41, 5.74) is 0. The largest absolute Gasteiger partial charge is 0.396 e. The van der Waals surface area contributed by atoms with E-state index in [-0.39, 0.29) is 6.10 Å². The van der Waals surface area contributed by atoms with Gasteiger partial charge >= 0.3 is 0 Å². The van der Waals surface area contributed by atoms with Gasteiger partial charge in [-0.3, -0.25) is 0 Å². The molecule has 0 aromatic rings. The van der Waals surface area contributed by atoms with E-state index in [4.69, 9.17) is 15.3 Å². The lowest BCUT2D eigenvalue weighted by Crippen LogP contribution is -2.05. The smallest absolute Gasteiger partial charge is 0.151 e. The van der Waals surface area contributed by atoms with Crippen molar-refractivity contribution in [3.8, 4) is 0 Å². The van der Waals surface area contributed by atoms with E-state index in [0.29, 0.717) is 13.0 Å². The van der Waals surface area contributed by atoms with Crippen LogP contribution in [0.3, 0.4) is 0 Å². The molecule has 0 bridgehead atoms. The summed E-state index contributed by atoms with van der Waals surface area (Å²) in [6.45, 7) is 0.335. The highest BCUT2D eigenvalue weighted by Crippen LogP contribution is 2.15. The summed E-state index contributed by atoms with van der Waals surface area (Å²) in [4.78, 5) is 0. The summed E-state index contributed by atoms with van der Waals surface area (Å²) in [5.74, 6) is 0. The molecule has 0 spiro atoms. The second-order valence-electron chi connectivity index (χ2n) is 8.59. The van der Waals surface area contributed by atoms with E-state index in [2.05, 4.69) is 0 Å². The van der Waals surface area contributed by atoms with Crippen molar-refractivity contribution in [3.05, 3.63) is 0 Å². The molecule has 0 amide bonds. The molecule has 0 rings (SSSR count). The van der Waals surface area contributed by atoms with Crippen molar-refractivity contribution in [3.63, 3.8) is 0 Å². The Bertz CT molecular complexity index is 284. The summed E-state index contributed by atoms with van der Waals surface area (Å²) in [5, 5.41) is 36.3. The molecule has 0 aliphatic heterocycles. The Morgan fingerprint density at radius 3 is 0.964 bits per heavy atom. The van der Waals surface area contributed by atoms with E-state index in [9.17, 15) is 5.11 Å². The number of hydrogen-bond donors (Lipinski definition) is 4. The lowest BCUT2D eigenvalue weighted by atomic mass is 10.0. The minimum absolute atomic E-state index is 0.0969. The van der Waals surface area contributed by atoms with Gasteiger partial charge in [0.25, 0.3) is 0 Å². The van der Waals surface area contributed by atoms with Gasteiger partial charge in [-0.25, -0.2) is 0 Å². The molecule has 0 saturated heterocycles. The zero-order valence-corrected chi connectivity index (χ0v) is 18.5. The molecule has 4 heteroatoms. The normalized spacial score (nSPS) is 12.8. The highest BCUT2D eigenvalue weighted by molar-refractivity contribution is 4.58. The molecule has 170 valence electrons. The van der Waals surface area contributed by atoms with Crippen LogP contribution in [0.15, 0.2) is 0 Å². The summed E-state index contributed by atoms with van der Waals surface area (Å²) in [6, 6.07) is 0. The van der Waals surface area contributed by atoms with Crippen molar-refractivity contribution in [1.82, 2.24) is 0 Å². The lowest BCUT2D eigenvalue weighted by molar-refractivity contribution is -0.0466. The Labute approximate surface area is 174 Å². The Kier molecular flexibility index (Phi) is 23.0. The van der Waals surface area contributed by atoms with Crippen molar-refractivity contribution in [2.24, 2.45) is 0 Å². The van der Waals surface area contributed by atoms with Crippen LogP contribution in [0.1, 0.15) is 135 Å². The monoisotopic (exact) mass is 402 g/mol. The van der Waals surface area contributed by atoms with Crippen molar-refractivity contribution >= 4 is 0 Å². The van der Waals surface area contributed by atoms with Crippen molar-refractivity contribution in [1.29, 1.82) is 0 Å². The molecular weight excluding hydrogens is 352 g/mol. The Hall–Kier alpha value is -0.160. The average molecular weight is 403 g/mol. The topological polar surface area (TPSA) is 80.9 Å². The van der Waals surface area contributed by atoms with Crippen LogP contribution in [0.4, 0.5) is 0 Å². The maximum atomic E-state index is 10.1. The van der Waals surface area contributed by atoms with Gasteiger partial charge in [0.2, 0.25) is 0 Å². The maximum absolute atomic E-state index is 10.1. The van der Waals surface area contributed by atoms with Crippen LogP contribution in [0.2, 0.25) is 0 Å². The van der Waals surface area contributed by atoms with Crippen LogP contribution < -0.4 is 0 Å². The predicted octanol–water partition coefficient (Wildman–Crippen LogP) is 5.84. The minimum Gasteiger partial charge on any atom is -0.396 e. The van der Waals surface area contributed by atoms with Gasteiger partial charge in [-0.1, -0.05) is 103 Å². The minimum atomic E-state index is -1.13. The predicted molar refractivity (Wildman–Crippen MR) is 118 cm³/mol. The Morgan fingerprint density at radius 1 is 0.357 bits per heavy atom. The molecule has 0 saturated carbocycles. The number of aliphatic hydroxyl groups excluding tert-OH is 3. The molecule has 0 aliphatic carbocycles. The molecule has 0 heterocycles. The first-order chi connectivity index (χ1) is 13.7. The van der Waals surface area contributed by atoms with Gasteiger partial charge in [0.1, 0.15) is 0 Å². The van der Waals surface area contributed by atoms with Gasteiger partial charge < -0.3 is 20.4 Å². The van der Waals surface area contributed by atoms with Crippen LogP contribution in [-0.2, 0) is 0 Å². The van der Waals surface area contributed by atoms with Crippen LogP contribution >= 0.6 is 0 Å². The Balaban J connectivity index is 3.14. The third kappa shape index (κ3) is 23.9. The van der Waals surface area contributed by atoms with Crippen LogP contribution in [0, 0.1) is 0 Å². The molecule has 4 nitrogen and oxygen atoms in total.